The molecule has 1 saturated heterocycles. The van der Waals surface area contributed by atoms with E-state index in [4.69, 9.17) is 23.2 Å². The van der Waals surface area contributed by atoms with E-state index in [2.05, 4.69) is 4.98 Å². The minimum atomic E-state index is -0.0323. The van der Waals surface area contributed by atoms with Gasteiger partial charge in [0.25, 0.3) is 5.91 Å². The fourth-order valence-electron chi connectivity index (χ4n) is 2.86. The summed E-state index contributed by atoms with van der Waals surface area (Å²) < 4.78 is 0. The molecule has 1 aliphatic heterocycles. The summed E-state index contributed by atoms with van der Waals surface area (Å²) in [5, 5.41) is 1.04. The van der Waals surface area contributed by atoms with Gasteiger partial charge in [-0.1, -0.05) is 29.3 Å². The summed E-state index contributed by atoms with van der Waals surface area (Å²) in [6, 6.07) is 7.38. The number of hydrogen-bond acceptors (Lipinski definition) is 2. The summed E-state index contributed by atoms with van der Waals surface area (Å²) in [4.78, 5) is 18.9. The molecule has 1 aromatic carbocycles. The summed E-state index contributed by atoms with van der Waals surface area (Å²) in [6.07, 6.45) is 5.50. The van der Waals surface area contributed by atoms with Crippen LogP contribution in [0.2, 0.25) is 10.0 Å². The highest BCUT2D eigenvalue weighted by Crippen LogP contribution is 2.34. The molecule has 114 valence electrons. The van der Waals surface area contributed by atoms with Gasteiger partial charge in [-0.3, -0.25) is 9.78 Å². The first-order valence-corrected chi connectivity index (χ1v) is 8.00. The van der Waals surface area contributed by atoms with E-state index >= 15 is 0 Å². The van der Waals surface area contributed by atoms with Crippen LogP contribution in [0, 0.1) is 6.92 Å². The summed E-state index contributed by atoms with van der Waals surface area (Å²) in [6.45, 7) is 2.58. The van der Waals surface area contributed by atoms with Gasteiger partial charge in [0.1, 0.15) is 0 Å². The molecular weight excluding hydrogens is 319 g/mol. The first-order valence-electron chi connectivity index (χ1n) is 7.24. The number of carbonyl (C=O) groups is 1. The van der Waals surface area contributed by atoms with E-state index in [1.807, 2.05) is 30.2 Å². The van der Waals surface area contributed by atoms with E-state index in [9.17, 15) is 4.79 Å². The maximum Gasteiger partial charge on any atom is 0.254 e. The quantitative estimate of drug-likeness (QED) is 0.799. The maximum atomic E-state index is 12.8. The molecule has 0 bridgehead atoms. The number of likely N-dealkylation sites (tertiary alicyclic amines) is 1. The SMILES string of the molecule is Cc1c(Cl)cc(C(=O)N2CCC[C@H]2c2cccnc2)cc1Cl. The lowest BCUT2D eigenvalue weighted by Gasteiger charge is -2.25. The van der Waals surface area contributed by atoms with Gasteiger partial charge < -0.3 is 4.90 Å². The average molecular weight is 335 g/mol. The molecule has 1 aliphatic rings. The van der Waals surface area contributed by atoms with Gasteiger partial charge in [-0.2, -0.15) is 0 Å². The highest BCUT2D eigenvalue weighted by Gasteiger charge is 2.31. The standard InChI is InChI=1S/C17H16Cl2N2O/c1-11-14(18)8-13(9-15(11)19)17(22)21-7-3-5-16(21)12-4-2-6-20-10-12/h2,4,6,8-10,16H,3,5,7H2,1H3/t16-/m0/s1. The Kier molecular flexibility index (Phi) is 4.37. The third kappa shape index (κ3) is 2.83. The van der Waals surface area contributed by atoms with Crippen LogP contribution in [0.5, 0.6) is 0 Å². The Labute approximate surface area is 139 Å². The highest BCUT2D eigenvalue weighted by molar-refractivity contribution is 6.36. The average Bonchev–Trinajstić information content (AvgIpc) is 3.01. The lowest BCUT2D eigenvalue weighted by molar-refractivity contribution is 0.0735. The second-order valence-corrected chi connectivity index (χ2v) is 6.32. The Bertz CT molecular complexity index is 680. The number of hydrogen-bond donors (Lipinski definition) is 0. The lowest BCUT2D eigenvalue weighted by Crippen LogP contribution is -2.30. The van der Waals surface area contributed by atoms with Crippen LogP contribution in [0.15, 0.2) is 36.7 Å². The molecule has 0 radical (unpaired) electrons. The van der Waals surface area contributed by atoms with E-state index in [0.29, 0.717) is 15.6 Å². The third-order valence-corrected chi connectivity index (χ3v) is 4.90. The molecule has 3 nitrogen and oxygen atoms in total. The highest BCUT2D eigenvalue weighted by atomic mass is 35.5. The van der Waals surface area contributed by atoms with Crippen LogP contribution >= 0.6 is 23.2 Å². The van der Waals surface area contributed by atoms with Crippen molar-refractivity contribution < 1.29 is 4.79 Å². The van der Waals surface area contributed by atoms with Crippen molar-refractivity contribution in [3.05, 3.63) is 63.4 Å². The molecule has 2 heterocycles. The first kappa shape index (κ1) is 15.3. The second-order valence-electron chi connectivity index (χ2n) is 5.51. The largest absolute Gasteiger partial charge is 0.332 e. The van der Waals surface area contributed by atoms with Crippen molar-refractivity contribution in [2.75, 3.05) is 6.54 Å². The lowest BCUT2D eigenvalue weighted by atomic mass is 10.1. The van der Waals surface area contributed by atoms with Crippen LogP contribution in [0.25, 0.3) is 0 Å². The normalized spacial score (nSPS) is 17.8. The molecule has 2 aromatic rings. The van der Waals surface area contributed by atoms with Crippen LogP contribution in [0.4, 0.5) is 0 Å². The molecule has 1 atom stereocenters. The van der Waals surface area contributed by atoms with Gasteiger partial charge in [0.15, 0.2) is 0 Å². The van der Waals surface area contributed by atoms with Crippen molar-refractivity contribution in [1.82, 2.24) is 9.88 Å². The number of carbonyl (C=O) groups excluding carboxylic acids is 1. The molecule has 0 N–H and O–H groups in total. The predicted molar refractivity (Wildman–Crippen MR) is 88.4 cm³/mol. The number of amides is 1. The summed E-state index contributed by atoms with van der Waals surface area (Å²) in [5.74, 6) is -0.0323. The van der Waals surface area contributed by atoms with E-state index in [1.165, 1.54) is 0 Å². The second kappa shape index (κ2) is 6.27. The zero-order chi connectivity index (χ0) is 15.7. The Morgan fingerprint density at radius 2 is 2.05 bits per heavy atom. The van der Waals surface area contributed by atoms with E-state index in [1.54, 1.807) is 18.3 Å². The molecule has 0 unspecified atom stereocenters. The fourth-order valence-corrected chi connectivity index (χ4v) is 3.35. The molecule has 1 fully saturated rings. The van der Waals surface area contributed by atoms with Gasteiger partial charge in [-0.15, -0.1) is 0 Å². The van der Waals surface area contributed by atoms with Crippen LogP contribution in [-0.4, -0.2) is 22.3 Å². The van der Waals surface area contributed by atoms with Gasteiger partial charge in [-0.25, -0.2) is 0 Å². The van der Waals surface area contributed by atoms with Crippen molar-refractivity contribution in [2.45, 2.75) is 25.8 Å². The van der Waals surface area contributed by atoms with E-state index < -0.39 is 0 Å². The van der Waals surface area contributed by atoms with Crippen LogP contribution in [-0.2, 0) is 0 Å². The summed E-state index contributed by atoms with van der Waals surface area (Å²) >= 11 is 12.3. The summed E-state index contributed by atoms with van der Waals surface area (Å²) in [5.41, 5.74) is 2.40. The fraction of sp³-hybridized carbons (Fsp3) is 0.294. The Morgan fingerprint density at radius 1 is 1.32 bits per heavy atom. The smallest absolute Gasteiger partial charge is 0.254 e. The summed E-state index contributed by atoms with van der Waals surface area (Å²) in [7, 11) is 0. The molecule has 0 spiro atoms. The number of nitrogens with zero attached hydrogens (tertiary/aromatic N) is 2. The number of pyridine rings is 1. The third-order valence-electron chi connectivity index (χ3n) is 4.11. The van der Waals surface area contributed by atoms with E-state index in [0.717, 1.165) is 30.5 Å². The number of benzene rings is 1. The van der Waals surface area contributed by atoms with Crippen molar-refractivity contribution >= 4 is 29.1 Å². The molecule has 5 heteroatoms. The van der Waals surface area contributed by atoms with Crippen LogP contribution < -0.4 is 0 Å². The molecular formula is C17H16Cl2N2O. The van der Waals surface area contributed by atoms with Gasteiger partial charge in [0.05, 0.1) is 6.04 Å². The zero-order valence-electron chi connectivity index (χ0n) is 12.2. The molecule has 0 saturated carbocycles. The molecule has 1 amide bonds. The number of halogens is 2. The van der Waals surface area contributed by atoms with E-state index in [-0.39, 0.29) is 11.9 Å². The number of rotatable bonds is 2. The maximum absolute atomic E-state index is 12.8. The van der Waals surface area contributed by atoms with Gasteiger partial charge in [-0.05, 0) is 49.1 Å². The van der Waals surface area contributed by atoms with Gasteiger partial charge >= 0.3 is 0 Å². The molecule has 22 heavy (non-hydrogen) atoms. The molecule has 0 aliphatic carbocycles. The van der Waals surface area contributed by atoms with Crippen molar-refractivity contribution in [2.24, 2.45) is 0 Å². The molecule has 1 aromatic heterocycles. The van der Waals surface area contributed by atoms with Crippen molar-refractivity contribution in [1.29, 1.82) is 0 Å². The molecule has 3 rings (SSSR count). The Morgan fingerprint density at radius 3 is 2.68 bits per heavy atom. The van der Waals surface area contributed by atoms with Crippen LogP contribution in [0.3, 0.4) is 0 Å². The van der Waals surface area contributed by atoms with Crippen molar-refractivity contribution in [3.63, 3.8) is 0 Å². The van der Waals surface area contributed by atoms with Gasteiger partial charge in [0, 0.05) is 34.5 Å². The number of aromatic nitrogens is 1. The monoisotopic (exact) mass is 334 g/mol. The Hall–Kier alpha value is -1.58. The minimum Gasteiger partial charge on any atom is -0.332 e. The van der Waals surface area contributed by atoms with Crippen molar-refractivity contribution in [3.8, 4) is 0 Å². The Balaban J connectivity index is 1.91. The predicted octanol–water partition coefficient (Wildman–Crippen LogP) is 4.67. The minimum absolute atomic E-state index is 0.0323. The van der Waals surface area contributed by atoms with Gasteiger partial charge in [0.2, 0.25) is 0 Å². The first-order chi connectivity index (χ1) is 10.6. The van der Waals surface area contributed by atoms with Crippen LogP contribution in [0.1, 0.15) is 40.4 Å². The zero-order valence-corrected chi connectivity index (χ0v) is 13.7. The topological polar surface area (TPSA) is 33.2 Å².